The van der Waals surface area contributed by atoms with E-state index in [2.05, 4.69) is 15.2 Å². The van der Waals surface area contributed by atoms with Crippen LogP contribution in [0.3, 0.4) is 0 Å². The van der Waals surface area contributed by atoms with E-state index in [1.165, 1.54) is 6.07 Å². The van der Waals surface area contributed by atoms with Gasteiger partial charge in [-0.05, 0) is 74.7 Å². The number of hydrogen-bond acceptors (Lipinski definition) is 4. The van der Waals surface area contributed by atoms with Crippen molar-refractivity contribution in [2.24, 2.45) is 5.92 Å². The molecule has 0 bridgehead atoms. The Hall–Kier alpha value is -3.84. The van der Waals surface area contributed by atoms with Crippen LogP contribution in [0.5, 0.6) is 0 Å². The molecule has 0 radical (unpaired) electrons. The third-order valence-electron chi connectivity index (χ3n) is 7.18. The molecule has 1 fully saturated rings. The number of aryl methyl sites for hydroxylation is 1. The zero-order chi connectivity index (χ0) is 25.8. The predicted molar refractivity (Wildman–Crippen MR) is 143 cm³/mol. The molecule has 7 heteroatoms. The summed E-state index contributed by atoms with van der Waals surface area (Å²) in [5, 5.41) is 3.07. The van der Waals surface area contributed by atoms with Crippen LogP contribution in [0.2, 0.25) is 0 Å². The van der Waals surface area contributed by atoms with Crippen LogP contribution in [-0.4, -0.2) is 40.0 Å². The highest BCUT2D eigenvalue weighted by atomic mass is 19.1. The van der Waals surface area contributed by atoms with Gasteiger partial charge < -0.3 is 9.88 Å². The molecule has 1 aliphatic heterocycles. The van der Waals surface area contributed by atoms with Gasteiger partial charge in [0, 0.05) is 24.2 Å². The van der Waals surface area contributed by atoms with Crippen LogP contribution in [-0.2, 0) is 13.1 Å². The maximum Gasteiger partial charge on any atom is 0.272 e. The maximum atomic E-state index is 13.9. The number of hydrogen-bond donors (Lipinski definition) is 1. The quantitative estimate of drug-likeness (QED) is 0.407. The molecule has 0 aliphatic carbocycles. The number of aromatic nitrogens is 2. The van der Waals surface area contributed by atoms with Crippen LogP contribution in [0.25, 0.3) is 11.0 Å². The second kappa shape index (κ2) is 11.0. The molecular formula is C30H31FN4O2. The minimum absolute atomic E-state index is 0.0947. The van der Waals surface area contributed by atoms with Crippen molar-refractivity contribution in [3.05, 3.63) is 111 Å². The van der Waals surface area contributed by atoms with Crippen LogP contribution in [0.15, 0.2) is 77.6 Å². The Balaban J connectivity index is 1.14. The van der Waals surface area contributed by atoms with Gasteiger partial charge in [-0.3, -0.25) is 14.5 Å². The Morgan fingerprint density at radius 1 is 0.973 bits per heavy atom. The van der Waals surface area contributed by atoms with Gasteiger partial charge in [-0.25, -0.2) is 9.37 Å². The predicted octanol–water partition coefficient (Wildman–Crippen LogP) is 4.53. The third-order valence-corrected chi connectivity index (χ3v) is 7.18. The van der Waals surface area contributed by atoms with Crippen LogP contribution in [0, 0.1) is 18.7 Å². The van der Waals surface area contributed by atoms with Crippen molar-refractivity contribution in [1.29, 1.82) is 0 Å². The molecule has 0 spiro atoms. The average molecular weight is 499 g/mol. The second-order valence-electron chi connectivity index (χ2n) is 9.80. The highest BCUT2D eigenvalue weighted by Crippen LogP contribution is 2.20. The second-order valence-corrected chi connectivity index (χ2v) is 9.80. The van der Waals surface area contributed by atoms with Crippen molar-refractivity contribution in [3.63, 3.8) is 0 Å². The van der Waals surface area contributed by atoms with E-state index in [0.29, 0.717) is 36.8 Å². The van der Waals surface area contributed by atoms with E-state index < -0.39 is 0 Å². The lowest BCUT2D eigenvalue weighted by molar-refractivity contribution is 0.0935. The minimum Gasteiger partial charge on any atom is -0.352 e. The van der Waals surface area contributed by atoms with E-state index in [9.17, 15) is 14.0 Å². The number of carbonyl (C=O) groups is 1. The van der Waals surface area contributed by atoms with Crippen molar-refractivity contribution in [3.8, 4) is 0 Å². The molecule has 1 aromatic heterocycles. The van der Waals surface area contributed by atoms with Gasteiger partial charge in [0.15, 0.2) is 0 Å². The number of para-hydroxylation sites is 2. The maximum absolute atomic E-state index is 13.9. The van der Waals surface area contributed by atoms with Crippen LogP contribution >= 0.6 is 0 Å². The smallest absolute Gasteiger partial charge is 0.272 e. The normalized spacial score (nSPS) is 14.6. The minimum atomic E-state index is -0.154. The fraction of sp³-hybridized carbons (Fsp3) is 0.300. The Morgan fingerprint density at radius 3 is 2.43 bits per heavy atom. The largest absolute Gasteiger partial charge is 0.352 e. The van der Waals surface area contributed by atoms with E-state index in [0.717, 1.165) is 48.1 Å². The third kappa shape index (κ3) is 5.78. The van der Waals surface area contributed by atoms with E-state index in [4.69, 9.17) is 0 Å². The first-order valence-electron chi connectivity index (χ1n) is 12.8. The average Bonchev–Trinajstić information content (AvgIpc) is 2.92. The molecule has 0 atom stereocenters. The molecule has 1 aliphatic rings. The van der Waals surface area contributed by atoms with Crippen molar-refractivity contribution < 1.29 is 9.18 Å². The molecule has 6 nitrogen and oxygen atoms in total. The number of benzene rings is 3. The molecule has 4 aromatic rings. The summed E-state index contributed by atoms with van der Waals surface area (Å²) in [6.45, 7) is 5.19. The van der Waals surface area contributed by atoms with Crippen molar-refractivity contribution >= 4 is 16.9 Å². The lowest BCUT2D eigenvalue weighted by Crippen LogP contribution is -2.38. The highest BCUT2D eigenvalue weighted by Gasteiger charge is 2.21. The summed E-state index contributed by atoms with van der Waals surface area (Å²) in [5.41, 5.74) is 4.21. The summed E-state index contributed by atoms with van der Waals surface area (Å²) < 4.78 is 15.7. The Morgan fingerprint density at radius 2 is 1.68 bits per heavy atom. The van der Waals surface area contributed by atoms with Crippen LogP contribution in [0.4, 0.5) is 4.39 Å². The lowest BCUT2D eigenvalue weighted by Gasteiger charge is -2.32. The molecular weight excluding hydrogens is 467 g/mol. The Kier molecular flexibility index (Phi) is 7.42. The van der Waals surface area contributed by atoms with Gasteiger partial charge in [-0.1, -0.05) is 42.5 Å². The number of amides is 1. The van der Waals surface area contributed by atoms with Crippen LogP contribution in [0.1, 0.15) is 40.0 Å². The Labute approximate surface area is 215 Å². The molecule has 190 valence electrons. The number of piperidine rings is 1. The van der Waals surface area contributed by atoms with Gasteiger partial charge in [0.2, 0.25) is 0 Å². The Bertz CT molecular complexity index is 1460. The molecule has 0 unspecified atom stereocenters. The molecule has 1 N–H and O–H groups in total. The van der Waals surface area contributed by atoms with Gasteiger partial charge in [0.1, 0.15) is 11.5 Å². The van der Waals surface area contributed by atoms with Crippen molar-refractivity contribution in [2.75, 3.05) is 19.6 Å². The van der Waals surface area contributed by atoms with E-state index in [1.54, 1.807) is 17.6 Å². The molecule has 2 heterocycles. The molecule has 5 rings (SSSR count). The van der Waals surface area contributed by atoms with E-state index in [1.807, 2.05) is 60.7 Å². The zero-order valence-electron chi connectivity index (χ0n) is 21.0. The number of rotatable bonds is 7. The fourth-order valence-corrected chi connectivity index (χ4v) is 4.98. The number of nitrogens with one attached hydrogen (secondary N) is 1. The molecule has 37 heavy (non-hydrogen) atoms. The number of carbonyl (C=O) groups excluding carboxylic acids is 1. The molecule has 1 amide bonds. The monoisotopic (exact) mass is 498 g/mol. The van der Waals surface area contributed by atoms with Crippen molar-refractivity contribution in [2.45, 2.75) is 32.9 Å². The highest BCUT2D eigenvalue weighted by molar-refractivity contribution is 5.94. The van der Waals surface area contributed by atoms with E-state index >= 15 is 0 Å². The summed E-state index contributed by atoms with van der Waals surface area (Å²) in [6.07, 6.45) is 1.95. The zero-order valence-corrected chi connectivity index (χ0v) is 21.0. The molecule has 0 saturated carbocycles. The topological polar surface area (TPSA) is 67.2 Å². The fourth-order valence-electron chi connectivity index (χ4n) is 4.98. The summed E-state index contributed by atoms with van der Waals surface area (Å²) in [5.74, 6) is 0.164. The first-order valence-corrected chi connectivity index (χ1v) is 12.8. The summed E-state index contributed by atoms with van der Waals surface area (Å²) in [6, 6.07) is 21.9. The van der Waals surface area contributed by atoms with E-state index in [-0.39, 0.29) is 17.3 Å². The number of halogens is 1. The standard InChI is InChI=1S/C30H31FN4O2/c1-21-30(37)35(28-9-5-4-8-27(28)33-21)19-23-10-12-24(13-11-23)29(36)32-18-22-14-16-34(17-15-22)20-25-6-2-3-7-26(25)31/h2-13,22H,14-20H2,1H3,(H,32,36). The summed E-state index contributed by atoms with van der Waals surface area (Å²) >= 11 is 0. The first-order chi connectivity index (χ1) is 18.0. The SMILES string of the molecule is Cc1nc2ccccc2n(Cc2ccc(C(=O)NCC3CCN(Cc4ccccc4F)CC3)cc2)c1=O. The molecule has 1 saturated heterocycles. The summed E-state index contributed by atoms with van der Waals surface area (Å²) in [4.78, 5) is 32.2. The number of nitrogens with zero attached hydrogens (tertiary/aromatic N) is 3. The number of likely N-dealkylation sites (tertiary alicyclic amines) is 1. The van der Waals surface area contributed by atoms with Crippen molar-refractivity contribution in [1.82, 2.24) is 19.8 Å². The van der Waals surface area contributed by atoms with Gasteiger partial charge in [0.25, 0.3) is 11.5 Å². The number of fused-ring (bicyclic) bond motifs is 1. The summed E-state index contributed by atoms with van der Waals surface area (Å²) in [7, 11) is 0. The van der Waals surface area contributed by atoms with Gasteiger partial charge in [-0.15, -0.1) is 0 Å². The van der Waals surface area contributed by atoms with Gasteiger partial charge in [-0.2, -0.15) is 0 Å². The lowest BCUT2D eigenvalue weighted by atomic mass is 9.96. The van der Waals surface area contributed by atoms with Gasteiger partial charge >= 0.3 is 0 Å². The molecule has 3 aromatic carbocycles. The van der Waals surface area contributed by atoms with Gasteiger partial charge in [0.05, 0.1) is 17.6 Å². The van der Waals surface area contributed by atoms with Crippen LogP contribution < -0.4 is 10.9 Å². The first kappa shape index (κ1) is 24.8.